The number of methoxy groups -OCH3 is 2. The van der Waals surface area contributed by atoms with E-state index in [1.807, 2.05) is 36.4 Å². The van der Waals surface area contributed by atoms with E-state index in [2.05, 4.69) is 15.5 Å². The average Bonchev–Trinajstić information content (AvgIpc) is 3.42. The molecule has 1 N–H and O–H groups in total. The number of amides is 1. The maximum atomic E-state index is 12.5. The number of nitrogens with one attached hydrogen (secondary N) is 1. The standard InChI is InChI=1S/C21H22N4O4/c1-27-19-9-14-7-8-16(15(14)10-20(19)28-2)24-21(26)11-29-18-6-4-3-5-17(18)25-12-22-23-13-25/h3-6,9-10,12-13,16H,7-8,11H2,1-2H3,(H,24,26). The molecule has 0 radical (unpaired) electrons. The molecule has 1 heterocycles. The van der Waals surface area contributed by atoms with E-state index in [0.717, 1.165) is 29.7 Å². The molecule has 1 atom stereocenters. The van der Waals surface area contributed by atoms with Crippen molar-refractivity contribution in [2.75, 3.05) is 20.8 Å². The SMILES string of the molecule is COc1cc2c(cc1OC)C(NC(=O)COc1ccccc1-n1cnnc1)CC2. The van der Waals surface area contributed by atoms with Crippen LogP contribution in [0.15, 0.2) is 49.1 Å². The number of fused-ring (bicyclic) bond motifs is 1. The summed E-state index contributed by atoms with van der Waals surface area (Å²) in [6.07, 6.45) is 4.87. The van der Waals surface area contributed by atoms with Gasteiger partial charge in [0.25, 0.3) is 5.91 Å². The van der Waals surface area contributed by atoms with Crippen molar-refractivity contribution in [3.63, 3.8) is 0 Å². The van der Waals surface area contributed by atoms with Crippen molar-refractivity contribution in [2.24, 2.45) is 0 Å². The zero-order chi connectivity index (χ0) is 20.2. The number of carbonyl (C=O) groups excluding carboxylic acids is 1. The lowest BCUT2D eigenvalue weighted by atomic mass is 10.1. The highest BCUT2D eigenvalue weighted by Gasteiger charge is 2.26. The number of carbonyl (C=O) groups is 1. The Hall–Kier alpha value is -3.55. The molecule has 3 aromatic rings. The number of hydrogen-bond donors (Lipinski definition) is 1. The number of nitrogens with zero attached hydrogens (tertiary/aromatic N) is 3. The summed E-state index contributed by atoms with van der Waals surface area (Å²) in [7, 11) is 3.22. The second kappa shape index (κ2) is 8.22. The minimum Gasteiger partial charge on any atom is -0.493 e. The Morgan fingerprint density at radius 3 is 2.59 bits per heavy atom. The molecule has 0 bridgehead atoms. The molecule has 0 saturated carbocycles. The van der Waals surface area contributed by atoms with Crippen LogP contribution in [0.4, 0.5) is 0 Å². The van der Waals surface area contributed by atoms with Crippen molar-refractivity contribution in [3.8, 4) is 22.9 Å². The van der Waals surface area contributed by atoms with Gasteiger partial charge in [-0.1, -0.05) is 12.1 Å². The number of aryl methyl sites for hydroxylation is 1. The highest BCUT2D eigenvalue weighted by molar-refractivity contribution is 5.78. The summed E-state index contributed by atoms with van der Waals surface area (Å²) in [4.78, 5) is 12.5. The van der Waals surface area contributed by atoms with E-state index in [4.69, 9.17) is 14.2 Å². The molecule has 8 nitrogen and oxygen atoms in total. The highest BCUT2D eigenvalue weighted by Crippen LogP contribution is 2.39. The Morgan fingerprint density at radius 1 is 1.10 bits per heavy atom. The first-order chi connectivity index (χ1) is 14.2. The molecule has 1 aliphatic carbocycles. The summed E-state index contributed by atoms with van der Waals surface area (Å²) in [6.45, 7) is -0.0851. The van der Waals surface area contributed by atoms with Crippen molar-refractivity contribution < 1.29 is 19.0 Å². The van der Waals surface area contributed by atoms with Gasteiger partial charge in [0.15, 0.2) is 18.1 Å². The fourth-order valence-electron chi connectivity index (χ4n) is 3.58. The van der Waals surface area contributed by atoms with Crippen LogP contribution in [0.3, 0.4) is 0 Å². The van der Waals surface area contributed by atoms with E-state index in [1.165, 1.54) is 0 Å². The van der Waals surface area contributed by atoms with Crippen LogP contribution in [0.2, 0.25) is 0 Å². The lowest BCUT2D eigenvalue weighted by Crippen LogP contribution is -2.31. The van der Waals surface area contributed by atoms with Gasteiger partial charge < -0.3 is 19.5 Å². The Bertz CT molecular complexity index is 1000. The Labute approximate surface area is 168 Å². The molecule has 1 unspecified atom stereocenters. The molecule has 1 amide bonds. The van der Waals surface area contributed by atoms with Crippen LogP contribution in [0.5, 0.6) is 17.2 Å². The number of rotatable bonds is 7. The fraction of sp³-hybridized carbons (Fsp3) is 0.286. The van der Waals surface area contributed by atoms with Gasteiger partial charge in [0, 0.05) is 0 Å². The molecular formula is C21H22N4O4. The van der Waals surface area contributed by atoms with Gasteiger partial charge in [-0.3, -0.25) is 9.36 Å². The first kappa shape index (κ1) is 18.8. The molecule has 4 rings (SSSR count). The monoisotopic (exact) mass is 394 g/mol. The highest BCUT2D eigenvalue weighted by atomic mass is 16.5. The van der Waals surface area contributed by atoms with Gasteiger partial charge in [-0.2, -0.15) is 0 Å². The predicted molar refractivity (Wildman–Crippen MR) is 106 cm³/mol. The van der Waals surface area contributed by atoms with Crippen LogP contribution in [0.25, 0.3) is 5.69 Å². The molecule has 8 heteroatoms. The zero-order valence-electron chi connectivity index (χ0n) is 16.3. The Morgan fingerprint density at radius 2 is 1.83 bits per heavy atom. The van der Waals surface area contributed by atoms with Crippen molar-refractivity contribution in [2.45, 2.75) is 18.9 Å². The summed E-state index contributed by atoms with van der Waals surface area (Å²) in [5, 5.41) is 10.7. The molecule has 0 fully saturated rings. The van der Waals surface area contributed by atoms with Gasteiger partial charge in [0.05, 0.1) is 25.9 Å². The lowest BCUT2D eigenvalue weighted by Gasteiger charge is -2.17. The third-order valence-electron chi connectivity index (χ3n) is 4.98. The quantitative estimate of drug-likeness (QED) is 0.662. The third kappa shape index (κ3) is 3.87. The number of ether oxygens (including phenoxy) is 3. The average molecular weight is 394 g/mol. The van der Waals surface area contributed by atoms with E-state index >= 15 is 0 Å². The van der Waals surface area contributed by atoms with Crippen molar-refractivity contribution >= 4 is 5.91 Å². The summed E-state index contributed by atoms with van der Waals surface area (Å²) >= 11 is 0. The van der Waals surface area contributed by atoms with Crippen LogP contribution >= 0.6 is 0 Å². The van der Waals surface area contributed by atoms with Gasteiger partial charge in [-0.25, -0.2) is 0 Å². The van der Waals surface area contributed by atoms with E-state index in [-0.39, 0.29) is 18.6 Å². The van der Waals surface area contributed by atoms with Gasteiger partial charge in [0.1, 0.15) is 18.4 Å². The second-order valence-corrected chi connectivity index (χ2v) is 6.69. The molecule has 0 spiro atoms. The Balaban J connectivity index is 1.43. The first-order valence-corrected chi connectivity index (χ1v) is 9.30. The normalized spacial score (nSPS) is 14.9. The van der Waals surface area contributed by atoms with Crippen molar-refractivity contribution in [3.05, 3.63) is 60.2 Å². The molecular weight excluding hydrogens is 372 g/mol. The summed E-state index contributed by atoms with van der Waals surface area (Å²) < 4.78 is 18.3. The molecule has 29 heavy (non-hydrogen) atoms. The topological polar surface area (TPSA) is 87.5 Å². The largest absolute Gasteiger partial charge is 0.493 e. The fourth-order valence-corrected chi connectivity index (χ4v) is 3.58. The predicted octanol–water partition coefficient (Wildman–Crippen LogP) is 2.47. The van der Waals surface area contributed by atoms with E-state index < -0.39 is 0 Å². The summed E-state index contributed by atoms with van der Waals surface area (Å²) in [6, 6.07) is 11.3. The van der Waals surface area contributed by atoms with Gasteiger partial charge in [-0.15, -0.1) is 10.2 Å². The molecule has 1 aliphatic rings. The van der Waals surface area contributed by atoms with Gasteiger partial charge >= 0.3 is 0 Å². The minimum absolute atomic E-state index is 0.0750. The molecule has 0 saturated heterocycles. The third-order valence-corrected chi connectivity index (χ3v) is 4.98. The Kier molecular flexibility index (Phi) is 5.33. The van der Waals surface area contributed by atoms with Gasteiger partial charge in [-0.05, 0) is 48.2 Å². The van der Waals surface area contributed by atoms with Crippen LogP contribution in [-0.2, 0) is 11.2 Å². The van der Waals surface area contributed by atoms with Crippen LogP contribution in [0.1, 0.15) is 23.6 Å². The summed E-state index contributed by atoms with van der Waals surface area (Å²) in [5.74, 6) is 1.76. The van der Waals surface area contributed by atoms with E-state index in [0.29, 0.717) is 17.2 Å². The van der Waals surface area contributed by atoms with Crippen LogP contribution < -0.4 is 19.5 Å². The second-order valence-electron chi connectivity index (χ2n) is 6.69. The number of hydrogen-bond acceptors (Lipinski definition) is 6. The van der Waals surface area contributed by atoms with Crippen LogP contribution in [0, 0.1) is 0 Å². The molecule has 150 valence electrons. The maximum Gasteiger partial charge on any atom is 0.258 e. The molecule has 1 aromatic heterocycles. The van der Waals surface area contributed by atoms with Crippen molar-refractivity contribution in [1.82, 2.24) is 20.1 Å². The smallest absolute Gasteiger partial charge is 0.258 e. The summed E-state index contributed by atoms with van der Waals surface area (Å²) in [5.41, 5.74) is 2.99. The van der Waals surface area contributed by atoms with E-state index in [1.54, 1.807) is 31.4 Å². The van der Waals surface area contributed by atoms with E-state index in [9.17, 15) is 4.79 Å². The maximum absolute atomic E-state index is 12.5. The van der Waals surface area contributed by atoms with Gasteiger partial charge in [0.2, 0.25) is 0 Å². The number of benzene rings is 2. The molecule has 0 aliphatic heterocycles. The van der Waals surface area contributed by atoms with Crippen molar-refractivity contribution in [1.29, 1.82) is 0 Å². The lowest BCUT2D eigenvalue weighted by molar-refractivity contribution is -0.123. The number of para-hydroxylation sites is 2. The minimum atomic E-state index is -0.184. The number of aromatic nitrogens is 3. The molecule has 2 aromatic carbocycles. The zero-order valence-corrected chi connectivity index (χ0v) is 16.3. The van der Waals surface area contributed by atoms with Crippen LogP contribution in [-0.4, -0.2) is 41.5 Å². The first-order valence-electron chi connectivity index (χ1n) is 9.30.